The highest BCUT2D eigenvalue weighted by Crippen LogP contribution is 2.39. The molecule has 0 amide bonds. The van der Waals surface area contributed by atoms with Crippen molar-refractivity contribution in [1.82, 2.24) is 0 Å². The molecule has 182 valence electrons. The van der Waals surface area contributed by atoms with Gasteiger partial charge in [0, 0.05) is 0 Å². The van der Waals surface area contributed by atoms with Crippen molar-refractivity contribution in [2.75, 3.05) is 39.6 Å². The number of fused-ring (bicyclic) bond motifs is 6. The highest BCUT2D eigenvalue weighted by Gasteiger charge is 2.19. The third-order valence-corrected chi connectivity index (χ3v) is 6.90. The van der Waals surface area contributed by atoms with Crippen LogP contribution in [0.1, 0.15) is 33.4 Å². The van der Waals surface area contributed by atoms with Crippen LogP contribution in [-0.2, 0) is 12.8 Å². The second-order valence-corrected chi connectivity index (χ2v) is 9.18. The third kappa shape index (κ3) is 3.92. The average molecular weight is 483 g/mol. The van der Waals surface area contributed by atoms with E-state index in [1.807, 2.05) is 0 Å². The molecule has 3 aromatic carbocycles. The molecule has 0 saturated carbocycles. The largest absolute Gasteiger partial charge is 0.486 e. The molecule has 0 unspecified atom stereocenters. The zero-order chi connectivity index (χ0) is 23.9. The quantitative estimate of drug-likeness (QED) is 0.425. The van der Waals surface area contributed by atoms with Gasteiger partial charge in [-0.15, -0.1) is 0 Å². The molecular weight excluding hydrogens is 456 g/mol. The summed E-state index contributed by atoms with van der Waals surface area (Å²) in [6.07, 6.45) is 10.3. The van der Waals surface area contributed by atoms with Gasteiger partial charge in [-0.05, 0) is 82.6 Å². The van der Waals surface area contributed by atoms with Crippen molar-refractivity contribution in [3.8, 4) is 34.5 Å². The summed E-state index contributed by atoms with van der Waals surface area (Å²) in [4.78, 5) is 0. The first kappa shape index (κ1) is 21.2. The summed E-state index contributed by atoms with van der Waals surface area (Å²) in [6, 6.07) is 12.5. The monoisotopic (exact) mass is 482 g/mol. The van der Waals surface area contributed by atoms with Crippen molar-refractivity contribution in [3.05, 3.63) is 69.8 Å². The number of hydrogen-bond acceptors (Lipinski definition) is 6. The lowest BCUT2D eigenvalue weighted by Gasteiger charge is -2.22. The van der Waals surface area contributed by atoms with E-state index in [9.17, 15) is 0 Å². The molecule has 7 rings (SSSR count). The van der Waals surface area contributed by atoms with Gasteiger partial charge in [0.05, 0.1) is 0 Å². The maximum absolute atomic E-state index is 5.90. The van der Waals surface area contributed by atoms with Crippen LogP contribution >= 0.6 is 0 Å². The van der Waals surface area contributed by atoms with Crippen LogP contribution in [0.5, 0.6) is 34.5 Å². The number of benzene rings is 3. The summed E-state index contributed by atoms with van der Waals surface area (Å²) in [6.45, 7) is 3.37. The van der Waals surface area contributed by atoms with Crippen molar-refractivity contribution in [3.63, 3.8) is 0 Å². The van der Waals surface area contributed by atoms with E-state index < -0.39 is 0 Å². The average Bonchev–Trinajstić information content (AvgIpc) is 2.92. The summed E-state index contributed by atoms with van der Waals surface area (Å²) in [7, 11) is 0. The second-order valence-electron chi connectivity index (χ2n) is 9.18. The van der Waals surface area contributed by atoms with Crippen molar-refractivity contribution < 1.29 is 28.4 Å². The number of rotatable bonds is 0. The van der Waals surface area contributed by atoms with Crippen molar-refractivity contribution >= 4 is 24.3 Å². The lowest BCUT2D eigenvalue weighted by Crippen LogP contribution is -2.16. The van der Waals surface area contributed by atoms with Gasteiger partial charge < -0.3 is 28.4 Å². The lowest BCUT2D eigenvalue weighted by atomic mass is 9.93. The van der Waals surface area contributed by atoms with Crippen LogP contribution in [-0.4, -0.2) is 39.6 Å². The minimum atomic E-state index is 0.554. The van der Waals surface area contributed by atoms with Gasteiger partial charge in [-0.1, -0.05) is 24.3 Å². The first-order valence-corrected chi connectivity index (χ1v) is 12.4. The van der Waals surface area contributed by atoms with E-state index in [0.717, 1.165) is 69.6 Å². The van der Waals surface area contributed by atoms with Crippen LogP contribution in [0, 0.1) is 0 Å². The molecule has 3 aliphatic heterocycles. The minimum Gasteiger partial charge on any atom is -0.486 e. The summed E-state index contributed by atoms with van der Waals surface area (Å²) >= 11 is 0. The first-order valence-electron chi connectivity index (χ1n) is 12.4. The lowest BCUT2D eigenvalue weighted by molar-refractivity contribution is 0.171. The molecule has 0 fully saturated rings. The van der Waals surface area contributed by atoms with Crippen LogP contribution in [0.25, 0.3) is 24.3 Å². The van der Waals surface area contributed by atoms with Gasteiger partial charge in [0.1, 0.15) is 39.6 Å². The van der Waals surface area contributed by atoms with Gasteiger partial charge in [-0.25, -0.2) is 0 Å². The molecule has 0 spiro atoms. The molecule has 0 radical (unpaired) electrons. The number of hydrogen-bond donors (Lipinski definition) is 0. The van der Waals surface area contributed by atoms with Crippen LogP contribution in [0.15, 0.2) is 36.4 Å². The summed E-state index contributed by atoms with van der Waals surface area (Å²) < 4.78 is 35.3. The Balaban J connectivity index is 1.40. The molecular formula is C30H26O6. The Morgan fingerprint density at radius 1 is 0.333 bits per heavy atom. The molecule has 0 bridgehead atoms. The van der Waals surface area contributed by atoms with E-state index in [-0.39, 0.29) is 0 Å². The SMILES string of the molecule is C1=Cc2cc3c(cc2CCc2cc4c(cc2/C=C/c2cc5c(cc21)OCCO5)OCCO4)OCCO3. The van der Waals surface area contributed by atoms with E-state index in [2.05, 4.69) is 60.7 Å². The molecule has 0 N–H and O–H groups in total. The Kier molecular flexibility index (Phi) is 5.23. The fourth-order valence-corrected chi connectivity index (χ4v) is 5.07. The zero-order valence-electron chi connectivity index (χ0n) is 19.9. The Bertz CT molecular complexity index is 1300. The molecule has 0 atom stereocenters. The van der Waals surface area contributed by atoms with Crippen molar-refractivity contribution in [2.45, 2.75) is 12.8 Å². The van der Waals surface area contributed by atoms with Gasteiger partial charge in [-0.2, -0.15) is 0 Å². The second kappa shape index (κ2) is 8.86. The standard InChI is InChI=1S/C30H26O6/c1-2-20-14-26-28(34-10-9-32-26)16-22(20)5-6-24-18-30-29(35-11-12-36-30)17-23(24)4-3-21-15-27-25(13-19(1)21)31-7-8-33-27/h1-4,13-18H,5-12H2/b2-1+,4-3?. The summed E-state index contributed by atoms with van der Waals surface area (Å²) in [5.74, 6) is 4.74. The van der Waals surface area contributed by atoms with E-state index in [0.29, 0.717) is 39.6 Å². The predicted molar refractivity (Wildman–Crippen MR) is 138 cm³/mol. The molecule has 4 aliphatic rings. The van der Waals surface area contributed by atoms with Crippen LogP contribution < -0.4 is 28.4 Å². The molecule has 6 nitrogen and oxygen atoms in total. The fourth-order valence-electron chi connectivity index (χ4n) is 5.07. The molecule has 3 heterocycles. The van der Waals surface area contributed by atoms with Gasteiger partial charge in [-0.3, -0.25) is 0 Å². The summed E-state index contributed by atoms with van der Waals surface area (Å²) in [5.41, 5.74) is 6.75. The Morgan fingerprint density at radius 3 is 0.972 bits per heavy atom. The normalized spacial score (nSPS) is 18.0. The van der Waals surface area contributed by atoms with Gasteiger partial charge >= 0.3 is 0 Å². The molecule has 3 aromatic rings. The highest BCUT2D eigenvalue weighted by molar-refractivity contribution is 5.83. The molecule has 36 heavy (non-hydrogen) atoms. The van der Waals surface area contributed by atoms with Gasteiger partial charge in [0.2, 0.25) is 0 Å². The van der Waals surface area contributed by atoms with E-state index in [1.54, 1.807) is 0 Å². The third-order valence-electron chi connectivity index (χ3n) is 6.90. The smallest absolute Gasteiger partial charge is 0.161 e. The highest BCUT2D eigenvalue weighted by atomic mass is 16.6. The fraction of sp³-hybridized carbons (Fsp3) is 0.267. The first-order chi connectivity index (χ1) is 17.8. The zero-order valence-corrected chi connectivity index (χ0v) is 19.9. The molecule has 1 aliphatic carbocycles. The Labute approximate surface area is 209 Å². The van der Waals surface area contributed by atoms with E-state index >= 15 is 0 Å². The molecule has 0 aromatic heterocycles. The number of aryl methyl sites for hydroxylation is 2. The summed E-state index contributed by atoms with van der Waals surface area (Å²) in [5, 5.41) is 0. The number of ether oxygens (including phenoxy) is 6. The van der Waals surface area contributed by atoms with Crippen molar-refractivity contribution in [2.24, 2.45) is 0 Å². The maximum Gasteiger partial charge on any atom is 0.161 e. The van der Waals surface area contributed by atoms with Crippen molar-refractivity contribution in [1.29, 1.82) is 0 Å². The van der Waals surface area contributed by atoms with Crippen LogP contribution in [0.2, 0.25) is 0 Å². The van der Waals surface area contributed by atoms with E-state index in [4.69, 9.17) is 28.4 Å². The van der Waals surface area contributed by atoms with E-state index in [1.165, 1.54) is 11.1 Å². The van der Waals surface area contributed by atoms with Crippen LogP contribution in [0.3, 0.4) is 0 Å². The molecule has 0 saturated heterocycles. The minimum absolute atomic E-state index is 0.554. The van der Waals surface area contributed by atoms with Gasteiger partial charge in [0.25, 0.3) is 0 Å². The predicted octanol–water partition coefficient (Wildman–Crippen LogP) is 5.44. The molecule has 6 heteroatoms. The topological polar surface area (TPSA) is 55.4 Å². The van der Waals surface area contributed by atoms with Gasteiger partial charge in [0.15, 0.2) is 34.5 Å². The maximum atomic E-state index is 5.90. The Morgan fingerprint density at radius 2 is 0.611 bits per heavy atom. The Hall–Kier alpha value is -4.06. The van der Waals surface area contributed by atoms with Crippen LogP contribution in [0.4, 0.5) is 0 Å².